The van der Waals surface area contributed by atoms with Crippen LogP contribution in [-0.4, -0.2) is 16.1 Å². The highest BCUT2D eigenvalue weighted by Gasteiger charge is 2.04. The van der Waals surface area contributed by atoms with Gasteiger partial charge in [-0.1, -0.05) is 24.3 Å². The molecule has 0 aliphatic heterocycles. The number of hydrogen-bond donors (Lipinski definition) is 1. The van der Waals surface area contributed by atoms with Gasteiger partial charge < -0.3 is 9.88 Å². The quantitative estimate of drug-likeness (QED) is 0.725. The van der Waals surface area contributed by atoms with Crippen molar-refractivity contribution in [3.8, 4) is 0 Å². The number of para-hydroxylation sites is 1. The molecule has 3 aromatic rings. The Kier molecular flexibility index (Phi) is 4.14. The number of pyridine rings is 1. The zero-order valence-electron chi connectivity index (χ0n) is 11.1. The second-order valence-electron chi connectivity index (χ2n) is 4.73. The van der Waals surface area contributed by atoms with Gasteiger partial charge in [-0.25, -0.2) is 0 Å². The predicted octanol–water partition coefficient (Wildman–Crippen LogP) is 3.59. The minimum Gasteiger partial charge on any atom is -0.345 e. The van der Waals surface area contributed by atoms with Gasteiger partial charge in [0.2, 0.25) is 0 Å². The maximum Gasteiger partial charge on any atom is 0.0492 e. The van der Waals surface area contributed by atoms with E-state index in [1.165, 1.54) is 16.5 Å². The summed E-state index contributed by atoms with van der Waals surface area (Å²) in [5, 5.41) is 4.71. The Morgan fingerprint density at radius 2 is 2.05 bits per heavy atom. The molecule has 0 aliphatic rings. The van der Waals surface area contributed by atoms with E-state index >= 15 is 0 Å². The summed E-state index contributed by atoms with van der Waals surface area (Å²) in [7, 11) is 0. The summed E-state index contributed by atoms with van der Waals surface area (Å²) in [6.45, 7) is 2.74. The normalized spacial score (nSPS) is 11.1. The van der Waals surface area contributed by atoms with Crippen molar-refractivity contribution in [2.45, 2.75) is 13.1 Å². The van der Waals surface area contributed by atoms with Crippen molar-refractivity contribution >= 4 is 26.8 Å². The van der Waals surface area contributed by atoms with Crippen LogP contribution in [0.25, 0.3) is 10.9 Å². The van der Waals surface area contributed by atoms with Gasteiger partial charge in [-0.05, 0) is 33.6 Å². The lowest BCUT2D eigenvalue weighted by molar-refractivity contribution is 0.608. The van der Waals surface area contributed by atoms with Crippen LogP contribution in [0.15, 0.2) is 59.5 Å². The van der Waals surface area contributed by atoms with Crippen molar-refractivity contribution in [3.05, 3.63) is 65.0 Å². The summed E-state index contributed by atoms with van der Waals surface area (Å²) in [5.74, 6) is 0. The molecule has 4 heteroatoms. The first-order valence-corrected chi connectivity index (χ1v) is 7.47. The van der Waals surface area contributed by atoms with E-state index in [1.54, 1.807) is 6.20 Å². The van der Waals surface area contributed by atoms with Crippen LogP contribution in [0.4, 0.5) is 0 Å². The molecule has 3 rings (SSSR count). The Balaban J connectivity index is 1.60. The first kappa shape index (κ1) is 13.3. The molecule has 20 heavy (non-hydrogen) atoms. The number of fused-ring (bicyclic) bond motifs is 1. The Morgan fingerprint density at radius 1 is 1.15 bits per heavy atom. The van der Waals surface area contributed by atoms with E-state index in [0.717, 1.165) is 24.1 Å². The van der Waals surface area contributed by atoms with Gasteiger partial charge in [-0.15, -0.1) is 0 Å². The molecule has 0 saturated heterocycles. The SMILES string of the molecule is Brc1cn(CCNCc2cccnc2)c2ccccc12. The number of rotatable bonds is 5. The maximum absolute atomic E-state index is 4.11. The molecule has 0 radical (unpaired) electrons. The van der Waals surface area contributed by atoms with Crippen LogP contribution in [0.1, 0.15) is 5.56 Å². The fourth-order valence-electron chi connectivity index (χ4n) is 2.32. The van der Waals surface area contributed by atoms with E-state index in [-0.39, 0.29) is 0 Å². The van der Waals surface area contributed by atoms with Crippen LogP contribution >= 0.6 is 15.9 Å². The standard InChI is InChI=1S/C16H16BrN3/c17-15-12-20(16-6-2-1-5-14(15)16)9-8-19-11-13-4-3-7-18-10-13/h1-7,10,12,19H,8-9,11H2. The zero-order chi connectivity index (χ0) is 13.8. The Bertz CT molecular complexity index is 691. The van der Waals surface area contributed by atoms with E-state index in [2.05, 4.69) is 67.3 Å². The monoisotopic (exact) mass is 329 g/mol. The number of nitrogens with zero attached hydrogens (tertiary/aromatic N) is 2. The van der Waals surface area contributed by atoms with Crippen LogP contribution in [0, 0.1) is 0 Å². The molecule has 2 heterocycles. The van der Waals surface area contributed by atoms with Crippen molar-refractivity contribution in [2.75, 3.05) is 6.54 Å². The molecule has 0 bridgehead atoms. The van der Waals surface area contributed by atoms with E-state index in [9.17, 15) is 0 Å². The lowest BCUT2D eigenvalue weighted by atomic mass is 10.2. The van der Waals surface area contributed by atoms with Crippen LogP contribution in [0.3, 0.4) is 0 Å². The van der Waals surface area contributed by atoms with E-state index < -0.39 is 0 Å². The summed E-state index contributed by atoms with van der Waals surface area (Å²) in [6.07, 6.45) is 5.85. The molecule has 2 aromatic heterocycles. The summed E-state index contributed by atoms with van der Waals surface area (Å²) in [4.78, 5) is 4.11. The van der Waals surface area contributed by atoms with Gasteiger partial charge in [-0.2, -0.15) is 0 Å². The van der Waals surface area contributed by atoms with Gasteiger partial charge in [-0.3, -0.25) is 4.98 Å². The summed E-state index contributed by atoms with van der Waals surface area (Å²) >= 11 is 3.61. The lowest BCUT2D eigenvalue weighted by Gasteiger charge is -2.07. The van der Waals surface area contributed by atoms with Crippen LogP contribution < -0.4 is 5.32 Å². The largest absolute Gasteiger partial charge is 0.345 e. The molecule has 3 nitrogen and oxygen atoms in total. The molecule has 0 amide bonds. The smallest absolute Gasteiger partial charge is 0.0492 e. The highest BCUT2D eigenvalue weighted by Crippen LogP contribution is 2.25. The minimum atomic E-state index is 0.855. The zero-order valence-corrected chi connectivity index (χ0v) is 12.7. The fourth-order valence-corrected chi connectivity index (χ4v) is 2.90. The first-order chi connectivity index (χ1) is 9.84. The minimum absolute atomic E-state index is 0.855. The van der Waals surface area contributed by atoms with Gasteiger partial charge >= 0.3 is 0 Å². The third kappa shape index (κ3) is 2.92. The van der Waals surface area contributed by atoms with E-state index in [4.69, 9.17) is 0 Å². The Hall–Kier alpha value is -1.65. The lowest BCUT2D eigenvalue weighted by Crippen LogP contribution is -2.19. The van der Waals surface area contributed by atoms with Crippen LogP contribution in [0.2, 0.25) is 0 Å². The molecular formula is C16H16BrN3. The van der Waals surface area contributed by atoms with Crippen molar-refractivity contribution in [3.63, 3.8) is 0 Å². The van der Waals surface area contributed by atoms with Crippen LogP contribution in [-0.2, 0) is 13.1 Å². The maximum atomic E-state index is 4.11. The summed E-state index contributed by atoms with van der Waals surface area (Å²) in [6, 6.07) is 12.5. The molecule has 1 N–H and O–H groups in total. The number of aromatic nitrogens is 2. The average Bonchev–Trinajstić information content (AvgIpc) is 2.82. The Labute approximate surface area is 126 Å². The second-order valence-corrected chi connectivity index (χ2v) is 5.58. The molecule has 0 aliphatic carbocycles. The Morgan fingerprint density at radius 3 is 2.90 bits per heavy atom. The van der Waals surface area contributed by atoms with E-state index in [0.29, 0.717) is 0 Å². The second kappa shape index (κ2) is 6.20. The molecule has 0 unspecified atom stereocenters. The summed E-state index contributed by atoms with van der Waals surface area (Å²) < 4.78 is 3.43. The van der Waals surface area contributed by atoms with Gasteiger partial charge in [0.15, 0.2) is 0 Å². The van der Waals surface area contributed by atoms with Gasteiger partial charge in [0, 0.05) is 53.6 Å². The van der Waals surface area contributed by atoms with Gasteiger partial charge in [0.05, 0.1) is 0 Å². The average molecular weight is 330 g/mol. The highest BCUT2D eigenvalue weighted by molar-refractivity contribution is 9.10. The third-order valence-corrected chi connectivity index (χ3v) is 3.95. The molecule has 0 atom stereocenters. The molecular weight excluding hydrogens is 314 g/mol. The third-order valence-electron chi connectivity index (χ3n) is 3.32. The first-order valence-electron chi connectivity index (χ1n) is 6.67. The molecule has 0 saturated carbocycles. The van der Waals surface area contributed by atoms with E-state index in [1.807, 2.05) is 12.3 Å². The molecule has 102 valence electrons. The number of nitrogens with one attached hydrogen (secondary N) is 1. The van der Waals surface area contributed by atoms with Crippen molar-refractivity contribution in [2.24, 2.45) is 0 Å². The van der Waals surface area contributed by atoms with Crippen LogP contribution in [0.5, 0.6) is 0 Å². The van der Waals surface area contributed by atoms with Gasteiger partial charge in [0.1, 0.15) is 0 Å². The highest BCUT2D eigenvalue weighted by atomic mass is 79.9. The number of hydrogen-bond acceptors (Lipinski definition) is 2. The number of halogens is 1. The summed E-state index contributed by atoms with van der Waals surface area (Å²) in [5.41, 5.74) is 2.48. The van der Waals surface area contributed by atoms with Crippen molar-refractivity contribution in [1.29, 1.82) is 0 Å². The predicted molar refractivity (Wildman–Crippen MR) is 85.6 cm³/mol. The van der Waals surface area contributed by atoms with Crippen molar-refractivity contribution in [1.82, 2.24) is 14.9 Å². The number of benzene rings is 1. The molecule has 0 spiro atoms. The fraction of sp³-hybridized carbons (Fsp3) is 0.188. The van der Waals surface area contributed by atoms with Gasteiger partial charge in [0.25, 0.3) is 0 Å². The molecule has 0 fully saturated rings. The van der Waals surface area contributed by atoms with Crippen molar-refractivity contribution < 1.29 is 0 Å². The molecule has 1 aromatic carbocycles. The topological polar surface area (TPSA) is 29.9 Å².